The van der Waals surface area contributed by atoms with E-state index in [4.69, 9.17) is 0 Å². The second-order valence-electron chi connectivity index (χ2n) is 4.72. The molecule has 1 heterocycles. The van der Waals surface area contributed by atoms with Crippen molar-refractivity contribution in [3.63, 3.8) is 0 Å². The molecule has 2 aromatic carbocycles. The van der Waals surface area contributed by atoms with E-state index in [1.54, 1.807) is 11.3 Å². The number of nitrogens with one attached hydrogen (secondary N) is 1. The first-order chi connectivity index (χ1) is 10.2. The summed E-state index contributed by atoms with van der Waals surface area (Å²) in [4.78, 5) is 12.7. The van der Waals surface area contributed by atoms with Crippen LogP contribution in [0.5, 0.6) is 0 Å². The number of hydrogen-bond donors (Lipinski definition) is 1. The minimum absolute atomic E-state index is 0.112. The van der Waals surface area contributed by atoms with Crippen molar-refractivity contribution in [3.8, 4) is 0 Å². The number of aromatic nitrogens is 1. The Hall–Kier alpha value is -2.40. The standard InChI is InChI=1S/C16H15N3OS/c1-19-13-9-5-6-10-14(13)21-16(19)18-17-15(20)11-12-7-3-2-4-8-12/h2-10H,11H2,1H3,(H,17,20). The number of rotatable bonds is 3. The maximum atomic E-state index is 11.9. The number of nitrogens with zero attached hydrogens (tertiary/aromatic N) is 2. The Bertz CT molecular complexity index is 833. The molecule has 1 N–H and O–H groups in total. The molecule has 0 bridgehead atoms. The summed E-state index contributed by atoms with van der Waals surface area (Å²) in [5.74, 6) is -0.112. The fraction of sp³-hybridized carbons (Fsp3) is 0.125. The lowest BCUT2D eigenvalue weighted by Gasteiger charge is -1.99. The number of aryl methyl sites for hydroxylation is 1. The van der Waals surface area contributed by atoms with E-state index in [1.165, 1.54) is 0 Å². The number of carbonyl (C=O) groups excluding carboxylic acids is 1. The summed E-state index contributed by atoms with van der Waals surface area (Å²) in [5, 5.41) is 4.22. The van der Waals surface area contributed by atoms with Crippen LogP contribution < -0.4 is 10.2 Å². The molecule has 1 amide bonds. The van der Waals surface area contributed by atoms with Crippen LogP contribution in [-0.4, -0.2) is 10.5 Å². The monoisotopic (exact) mass is 297 g/mol. The number of amides is 1. The lowest BCUT2D eigenvalue weighted by Crippen LogP contribution is -2.24. The fourth-order valence-electron chi connectivity index (χ4n) is 2.12. The molecule has 4 nitrogen and oxygen atoms in total. The molecule has 0 spiro atoms. The van der Waals surface area contributed by atoms with Crippen molar-refractivity contribution >= 4 is 27.5 Å². The third-order valence-corrected chi connectivity index (χ3v) is 4.31. The van der Waals surface area contributed by atoms with Crippen molar-refractivity contribution in [1.29, 1.82) is 0 Å². The van der Waals surface area contributed by atoms with Gasteiger partial charge in [-0.2, -0.15) is 0 Å². The van der Waals surface area contributed by atoms with E-state index < -0.39 is 0 Å². The molecule has 5 heteroatoms. The van der Waals surface area contributed by atoms with Gasteiger partial charge in [0.25, 0.3) is 0 Å². The van der Waals surface area contributed by atoms with Crippen molar-refractivity contribution in [2.45, 2.75) is 6.42 Å². The Labute approximate surface area is 126 Å². The third-order valence-electron chi connectivity index (χ3n) is 3.20. The average Bonchev–Trinajstić information content (AvgIpc) is 2.83. The van der Waals surface area contributed by atoms with Gasteiger partial charge in [0.15, 0.2) is 0 Å². The summed E-state index contributed by atoms with van der Waals surface area (Å²) >= 11 is 1.55. The molecule has 3 rings (SSSR count). The topological polar surface area (TPSA) is 46.4 Å². The highest BCUT2D eigenvalue weighted by molar-refractivity contribution is 7.16. The van der Waals surface area contributed by atoms with Gasteiger partial charge in [-0.1, -0.05) is 53.8 Å². The fourth-order valence-corrected chi connectivity index (χ4v) is 3.10. The van der Waals surface area contributed by atoms with Gasteiger partial charge < -0.3 is 4.57 Å². The van der Waals surface area contributed by atoms with Gasteiger partial charge in [-0.25, -0.2) is 5.43 Å². The second-order valence-corrected chi connectivity index (χ2v) is 5.73. The second kappa shape index (κ2) is 5.93. The van der Waals surface area contributed by atoms with Gasteiger partial charge in [-0.15, -0.1) is 5.10 Å². The normalized spacial score (nSPS) is 11.8. The van der Waals surface area contributed by atoms with Crippen molar-refractivity contribution in [2.75, 3.05) is 0 Å². The molecule has 0 radical (unpaired) electrons. The molecule has 1 aromatic heterocycles. The lowest BCUT2D eigenvalue weighted by atomic mass is 10.1. The van der Waals surface area contributed by atoms with E-state index in [2.05, 4.69) is 10.5 Å². The first kappa shape index (κ1) is 13.6. The molecule has 0 aliphatic heterocycles. The Morgan fingerprint density at radius 2 is 1.86 bits per heavy atom. The lowest BCUT2D eigenvalue weighted by molar-refractivity contribution is -0.120. The predicted octanol–water partition coefficient (Wildman–Crippen LogP) is 2.41. The SMILES string of the molecule is Cn1c(=NNC(=O)Cc2ccccc2)sc2ccccc21. The van der Waals surface area contributed by atoms with Crippen LogP contribution in [0.3, 0.4) is 0 Å². The molecule has 106 valence electrons. The number of thiazole rings is 1. The average molecular weight is 297 g/mol. The Balaban J connectivity index is 1.78. The predicted molar refractivity (Wildman–Crippen MR) is 84.6 cm³/mol. The molecule has 0 saturated carbocycles. The highest BCUT2D eigenvalue weighted by Gasteiger charge is 2.04. The molecule has 0 aliphatic carbocycles. The smallest absolute Gasteiger partial charge is 0.244 e. The van der Waals surface area contributed by atoms with Crippen LogP contribution in [0, 0.1) is 0 Å². The van der Waals surface area contributed by atoms with E-state index in [-0.39, 0.29) is 5.91 Å². The maximum absolute atomic E-state index is 11.9. The minimum atomic E-state index is -0.112. The van der Waals surface area contributed by atoms with E-state index >= 15 is 0 Å². The van der Waals surface area contributed by atoms with E-state index in [1.807, 2.05) is 66.2 Å². The Kier molecular flexibility index (Phi) is 3.83. The minimum Gasteiger partial charge on any atom is -0.318 e. The molecule has 3 aromatic rings. The van der Waals surface area contributed by atoms with Crippen LogP contribution in [0.1, 0.15) is 5.56 Å². The number of fused-ring (bicyclic) bond motifs is 1. The number of para-hydroxylation sites is 1. The molecule has 0 fully saturated rings. The molecule has 0 saturated heterocycles. The third kappa shape index (κ3) is 3.03. The van der Waals surface area contributed by atoms with Gasteiger partial charge in [0, 0.05) is 7.05 Å². The summed E-state index contributed by atoms with van der Waals surface area (Å²) in [5.41, 5.74) is 4.71. The van der Waals surface area contributed by atoms with Gasteiger partial charge in [-0.05, 0) is 17.7 Å². The van der Waals surface area contributed by atoms with Crippen molar-refractivity contribution < 1.29 is 4.79 Å². The first-order valence-corrected chi connectivity index (χ1v) is 7.47. The van der Waals surface area contributed by atoms with E-state index in [0.717, 1.165) is 20.6 Å². The summed E-state index contributed by atoms with van der Waals surface area (Å²) < 4.78 is 3.12. The van der Waals surface area contributed by atoms with Crippen LogP contribution in [0.2, 0.25) is 0 Å². The zero-order chi connectivity index (χ0) is 14.7. The van der Waals surface area contributed by atoms with Crippen molar-refractivity contribution in [2.24, 2.45) is 12.1 Å². The molecule has 21 heavy (non-hydrogen) atoms. The van der Waals surface area contributed by atoms with Crippen LogP contribution in [0.4, 0.5) is 0 Å². The largest absolute Gasteiger partial charge is 0.318 e. The Morgan fingerprint density at radius 3 is 2.62 bits per heavy atom. The Morgan fingerprint density at radius 1 is 1.14 bits per heavy atom. The molecular formula is C16H15N3OS. The summed E-state index contributed by atoms with van der Waals surface area (Å²) in [7, 11) is 1.95. The number of benzene rings is 2. The maximum Gasteiger partial charge on any atom is 0.244 e. The van der Waals surface area contributed by atoms with Gasteiger partial charge in [-0.3, -0.25) is 4.79 Å². The highest BCUT2D eigenvalue weighted by atomic mass is 32.1. The van der Waals surface area contributed by atoms with Gasteiger partial charge in [0.1, 0.15) is 0 Å². The zero-order valence-corrected chi connectivity index (χ0v) is 12.4. The summed E-state index contributed by atoms with van der Waals surface area (Å²) in [6.07, 6.45) is 0.332. The number of carbonyl (C=O) groups is 1. The van der Waals surface area contributed by atoms with Crippen LogP contribution in [0.25, 0.3) is 10.2 Å². The van der Waals surface area contributed by atoms with Crippen LogP contribution >= 0.6 is 11.3 Å². The molecule has 0 atom stereocenters. The van der Waals surface area contributed by atoms with Crippen molar-refractivity contribution in [3.05, 3.63) is 65.0 Å². The summed E-state index contributed by atoms with van der Waals surface area (Å²) in [6.45, 7) is 0. The van der Waals surface area contributed by atoms with Gasteiger partial charge >= 0.3 is 0 Å². The van der Waals surface area contributed by atoms with Gasteiger partial charge in [0.05, 0.1) is 16.6 Å². The van der Waals surface area contributed by atoms with E-state index in [9.17, 15) is 4.79 Å². The molecule has 0 unspecified atom stereocenters. The van der Waals surface area contributed by atoms with Gasteiger partial charge in [0.2, 0.25) is 10.7 Å². The first-order valence-electron chi connectivity index (χ1n) is 6.65. The van der Waals surface area contributed by atoms with Crippen LogP contribution in [0.15, 0.2) is 59.7 Å². The quantitative estimate of drug-likeness (QED) is 0.741. The molecular weight excluding hydrogens is 282 g/mol. The molecule has 0 aliphatic rings. The number of hydrogen-bond acceptors (Lipinski definition) is 3. The van der Waals surface area contributed by atoms with Crippen LogP contribution in [-0.2, 0) is 18.3 Å². The highest BCUT2D eigenvalue weighted by Crippen LogP contribution is 2.14. The zero-order valence-electron chi connectivity index (χ0n) is 11.6. The van der Waals surface area contributed by atoms with Crippen molar-refractivity contribution in [1.82, 2.24) is 9.99 Å². The van der Waals surface area contributed by atoms with E-state index in [0.29, 0.717) is 6.42 Å². The summed E-state index contributed by atoms with van der Waals surface area (Å²) in [6, 6.07) is 17.7.